The number of carbonyl (C=O) groups is 2. The Hall–Kier alpha value is -2.47. The van der Waals surface area contributed by atoms with Crippen molar-refractivity contribution in [2.24, 2.45) is 0 Å². The van der Waals surface area contributed by atoms with E-state index in [0.717, 1.165) is 16.7 Å². The first-order chi connectivity index (χ1) is 13.3. The smallest absolute Gasteiger partial charge is 0.414 e. The van der Waals surface area contributed by atoms with Gasteiger partial charge in [0, 0.05) is 12.2 Å². The van der Waals surface area contributed by atoms with Gasteiger partial charge in [0.25, 0.3) is 0 Å². The Kier molecular flexibility index (Phi) is 5.70. The molecule has 0 radical (unpaired) electrons. The second-order valence-electron chi connectivity index (χ2n) is 7.71. The predicted octanol–water partition coefficient (Wildman–Crippen LogP) is 4.47. The van der Waals surface area contributed by atoms with Crippen molar-refractivity contribution >= 4 is 30.4 Å². The molecule has 0 heterocycles. The van der Waals surface area contributed by atoms with Crippen molar-refractivity contribution in [3.05, 3.63) is 53.6 Å². The Balaban J connectivity index is 2.07. The molecule has 0 saturated carbocycles. The summed E-state index contributed by atoms with van der Waals surface area (Å²) in [4.78, 5) is 26.9. The first-order valence-corrected chi connectivity index (χ1v) is 9.81. The lowest BCUT2D eigenvalue weighted by atomic mass is 10.0. The fourth-order valence-electron chi connectivity index (χ4n) is 3.49. The van der Waals surface area contributed by atoms with E-state index in [1.54, 1.807) is 20.8 Å². The molecule has 1 atom stereocenters. The van der Waals surface area contributed by atoms with Gasteiger partial charge in [-0.05, 0) is 49.1 Å². The molecule has 1 aliphatic rings. The summed E-state index contributed by atoms with van der Waals surface area (Å²) in [5.41, 5.74) is 4.35. The molecule has 28 heavy (non-hydrogen) atoms. The topological polar surface area (TPSA) is 55.8 Å². The summed E-state index contributed by atoms with van der Waals surface area (Å²) in [6.07, 6.45) is 0.0669. The van der Waals surface area contributed by atoms with Crippen LogP contribution in [0.3, 0.4) is 0 Å². The molecule has 148 valence electrons. The van der Waals surface area contributed by atoms with Crippen molar-refractivity contribution in [1.82, 2.24) is 0 Å². The van der Waals surface area contributed by atoms with Crippen LogP contribution in [0, 0.1) is 0 Å². The Morgan fingerprint density at radius 1 is 1.11 bits per heavy atom. The van der Waals surface area contributed by atoms with Crippen LogP contribution in [0.5, 0.6) is 0 Å². The Labute approximate surface area is 171 Å². The van der Waals surface area contributed by atoms with Crippen LogP contribution in [0.15, 0.2) is 42.5 Å². The number of carbonyl (C=O) groups excluding carboxylic acids is 2. The maximum absolute atomic E-state index is 12.8. The van der Waals surface area contributed by atoms with Crippen LogP contribution < -0.4 is 4.90 Å². The lowest BCUT2D eigenvalue weighted by molar-refractivity contribution is -0.155. The average Bonchev–Trinajstić information content (AvgIpc) is 3.03. The number of esters is 1. The van der Waals surface area contributed by atoms with Gasteiger partial charge in [-0.2, -0.15) is 12.6 Å². The number of methoxy groups -OCH3 is 1. The Bertz CT molecular complexity index is 904. The van der Waals surface area contributed by atoms with E-state index in [1.165, 1.54) is 17.6 Å². The molecule has 5 nitrogen and oxygen atoms in total. The molecular formula is C22H25NO4S. The molecule has 0 spiro atoms. The van der Waals surface area contributed by atoms with E-state index in [2.05, 4.69) is 24.8 Å². The van der Waals surface area contributed by atoms with Crippen LogP contribution in [-0.2, 0) is 20.7 Å². The molecule has 0 aliphatic heterocycles. The van der Waals surface area contributed by atoms with Gasteiger partial charge >= 0.3 is 12.1 Å². The van der Waals surface area contributed by atoms with Crippen LogP contribution in [-0.4, -0.2) is 36.6 Å². The molecule has 3 rings (SSSR count). The van der Waals surface area contributed by atoms with E-state index >= 15 is 0 Å². The molecule has 0 unspecified atom stereocenters. The third-order valence-corrected chi connectivity index (χ3v) is 4.97. The highest BCUT2D eigenvalue weighted by molar-refractivity contribution is 7.80. The lowest BCUT2D eigenvalue weighted by Crippen LogP contribution is -2.49. The van der Waals surface area contributed by atoms with Crippen LogP contribution in [0.2, 0.25) is 0 Å². The van der Waals surface area contributed by atoms with E-state index in [-0.39, 0.29) is 5.75 Å². The summed E-state index contributed by atoms with van der Waals surface area (Å²) >= 11 is 4.33. The molecule has 0 N–H and O–H groups in total. The quantitative estimate of drug-likeness (QED) is 0.519. The van der Waals surface area contributed by atoms with Gasteiger partial charge in [-0.25, -0.2) is 9.59 Å². The number of thiol groups is 1. The van der Waals surface area contributed by atoms with Crippen LogP contribution in [0.4, 0.5) is 10.5 Å². The fourth-order valence-corrected chi connectivity index (χ4v) is 3.80. The monoisotopic (exact) mass is 399 g/mol. The SMILES string of the molecule is COC(=O)N(c1cccc2c1Cc1ccccc1-2)[C@@H](CS)C(=O)OC(C)(C)C. The van der Waals surface area contributed by atoms with E-state index in [0.29, 0.717) is 12.1 Å². The number of hydrogen-bond donors (Lipinski definition) is 1. The maximum atomic E-state index is 12.8. The predicted molar refractivity (Wildman–Crippen MR) is 113 cm³/mol. The summed E-state index contributed by atoms with van der Waals surface area (Å²) < 4.78 is 10.5. The highest BCUT2D eigenvalue weighted by Crippen LogP contribution is 2.42. The summed E-state index contributed by atoms with van der Waals surface area (Å²) in [5.74, 6) is -0.401. The molecule has 0 aromatic heterocycles. The minimum absolute atomic E-state index is 0.112. The first kappa shape index (κ1) is 20.3. The molecule has 0 saturated heterocycles. The number of amides is 1. The van der Waals surface area contributed by atoms with Crippen LogP contribution in [0.25, 0.3) is 11.1 Å². The molecule has 2 aromatic carbocycles. The van der Waals surface area contributed by atoms with Crippen molar-refractivity contribution in [2.75, 3.05) is 17.8 Å². The standard InChI is InChI=1S/C22H25NO4S/c1-22(2,3)27-20(24)19(13-28)23(21(25)26-4)18-11-7-10-16-15-9-6-5-8-14(15)12-17(16)18/h5-11,19,28H,12-13H2,1-4H3/t19-/m0/s1. The number of hydrogen-bond acceptors (Lipinski definition) is 5. The van der Waals surface area contributed by atoms with Crippen molar-refractivity contribution in [2.45, 2.75) is 38.8 Å². The van der Waals surface area contributed by atoms with Crippen molar-refractivity contribution in [1.29, 1.82) is 0 Å². The van der Waals surface area contributed by atoms with Gasteiger partial charge in [0.15, 0.2) is 0 Å². The maximum Gasteiger partial charge on any atom is 0.414 e. The fraction of sp³-hybridized carbons (Fsp3) is 0.364. The molecule has 1 aliphatic carbocycles. The summed E-state index contributed by atoms with van der Waals surface area (Å²) in [6, 6.07) is 13.0. The van der Waals surface area contributed by atoms with Gasteiger partial charge < -0.3 is 9.47 Å². The third kappa shape index (κ3) is 3.87. The number of benzene rings is 2. The van der Waals surface area contributed by atoms with Gasteiger partial charge in [0.05, 0.1) is 12.8 Å². The second kappa shape index (κ2) is 7.87. The van der Waals surface area contributed by atoms with Crippen molar-refractivity contribution < 1.29 is 19.1 Å². The van der Waals surface area contributed by atoms with E-state index in [1.807, 2.05) is 30.3 Å². The van der Waals surface area contributed by atoms with Gasteiger partial charge in [0.1, 0.15) is 11.6 Å². The number of rotatable bonds is 4. The molecule has 6 heteroatoms. The van der Waals surface area contributed by atoms with Gasteiger partial charge in [-0.15, -0.1) is 0 Å². The minimum Gasteiger partial charge on any atom is -0.458 e. The first-order valence-electron chi connectivity index (χ1n) is 9.18. The summed E-state index contributed by atoms with van der Waals surface area (Å²) in [6.45, 7) is 5.37. The highest BCUT2D eigenvalue weighted by atomic mass is 32.1. The zero-order chi connectivity index (χ0) is 20.5. The Morgan fingerprint density at radius 3 is 2.43 bits per heavy atom. The summed E-state index contributed by atoms with van der Waals surface area (Å²) in [7, 11) is 1.30. The largest absolute Gasteiger partial charge is 0.458 e. The Morgan fingerprint density at radius 2 is 1.79 bits per heavy atom. The third-order valence-electron chi connectivity index (χ3n) is 4.62. The number of ether oxygens (including phenoxy) is 2. The molecule has 0 fully saturated rings. The molecule has 0 bridgehead atoms. The summed E-state index contributed by atoms with van der Waals surface area (Å²) in [5, 5.41) is 0. The van der Waals surface area contributed by atoms with Gasteiger partial charge in [-0.1, -0.05) is 36.4 Å². The van der Waals surface area contributed by atoms with Crippen LogP contribution >= 0.6 is 12.6 Å². The lowest BCUT2D eigenvalue weighted by Gasteiger charge is -2.32. The zero-order valence-corrected chi connectivity index (χ0v) is 17.5. The van der Waals surface area contributed by atoms with Gasteiger partial charge in [-0.3, -0.25) is 4.90 Å². The van der Waals surface area contributed by atoms with E-state index < -0.39 is 23.7 Å². The second-order valence-corrected chi connectivity index (χ2v) is 8.07. The molecular weight excluding hydrogens is 374 g/mol. The van der Waals surface area contributed by atoms with Crippen molar-refractivity contribution in [3.63, 3.8) is 0 Å². The average molecular weight is 400 g/mol. The highest BCUT2D eigenvalue weighted by Gasteiger charge is 2.36. The normalized spacial score (nSPS) is 13.3. The minimum atomic E-state index is -0.898. The van der Waals surface area contributed by atoms with Crippen LogP contribution in [0.1, 0.15) is 31.9 Å². The van der Waals surface area contributed by atoms with E-state index in [4.69, 9.17) is 9.47 Å². The number of nitrogens with zero attached hydrogens (tertiary/aromatic N) is 1. The van der Waals surface area contributed by atoms with Crippen molar-refractivity contribution in [3.8, 4) is 11.1 Å². The number of anilines is 1. The number of fused-ring (bicyclic) bond motifs is 3. The molecule has 2 aromatic rings. The molecule has 1 amide bonds. The zero-order valence-electron chi connectivity index (χ0n) is 16.6. The van der Waals surface area contributed by atoms with Gasteiger partial charge in [0.2, 0.25) is 0 Å². The van der Waals surface area contributed by atoms with E-state index in [9.17, 15) is 9.59 Å².